The topological polar surface area (TPSA) is 166 Å². The van der Waals surface area contributed by atoms with Crippen molar-refractivity contribution in [2.75, 3.05) is 7.11 Å². The Balaban J connectivity index is 0.00000392. The number of hydrogen-bond donors (Lipinski definition) is 1. The van der Waals surface area contributed by atoms with E-state index in [2.05, 4.69) is 14.9 Å². The quantitative estimate of drug-likeness (QED) is 0.244. The number of hydrogen-bond acceptors (Lipinski definition) is 11. The number of benzene rings is 1. The molecule has 4 aliphatic rings. The SMILES string of the molecule is COc1ccccc1[C@H](Cn1c(=O)n(C2(C(=O)NS(=O)(=O)C3(C)CC3)CC2)c(=O)c2c(C)c(-n3nccn3)sc21)OC1C[C@H]2CC[C@@H](C1)O2.[HH]. The zero-order chi connectivity index (χ0) is 34.3. The predicted molar refractivity (Wildman–Crippen MR) is 182 cm³/mol. The van der Waals surface area contributed by atoms with Crippen LogP contribution in [-0.4, -0.2) is 68.6 Å². The second-order valence-corrected chi connectivity index (χ2v) is 17.1. The largest absolute Gasteiger partial charge is 0.496 e. The number of sulfonamides is 1. The number of fused-ring (bicyclic) bond motifs is 3. The predicted octanol–water partition coefficient (Wildman–Crippen LogP) is 3.32. The van der Waals surface area contributed by atoms with Gasteiger partial charge in [0.25, 0.3) is 11.5 Å². The molecule has 4 aromatic rings. The molecule has 1 N–H and O–H groups in total. The second kappa shape index (κ2) is 11.6. The molecule has 2 aliphatic carbocycles. The van der Waals surface area contributed by atoms with Crippen molar-refractivity contribution < 1.29 is 28.8 Å². The molecule has 2 saturated heterocycles. The average Bonchev–Trinajstić information content (AvgIpc) is 3.88. The summed E-state index contributed by atoms with van der Waals surface area (Å²) < 4.78 is 48.5. The highest BCUT2D eigenvalue weighted by Crippen LogP contribution is 2.46. The van der Waals surface area contributed by atoms with Gasteiger partial charge < -0.3 is 14.2 Å². The van der Waals surface area contributed by atoms with E-state index in [1.165, 1.54) is 33.1 Å². The summed E-state index contributed by atoms with van der Waals surface area (Å²) in [6.07, 6.45) is 6.98. The number of thiophene rings is 1. The minimum atomic E-state index is -4.02. The molecule has 0 radical (unpaired) electrons. The third-order valence-corrected chi connectivity index (χ3v) is 14.1. The van der Waals surface area contributed by atoms with Gasteiger partial charge in [-0.1, -0.05) is 29.5 Å². The highest BCUT2D eigenvalue weighted by molar-refractivity contribution is 7.91. The first-order valence-electron chi connectivity index (χ1n) is 16.6. The summed E-state index contributed by atoms with van der Waals surface area (Å²) in [5.74, 6) is -0.288. The minimum Gasteiger partial charge on any atom is -0.496 e. The second-order valence-electron chi connectivity index (χ2n) is 13.9. The number of para-hydroxylation sites is 1. The Bertz CT molecular complexity index is 2180. The number of carbonyl (C=O) groups excluding carboxylic acids is 1. The molecule has 2 aliphatic heterocycles. The van der Waals surface area contributed by atoms with E-state index in [0.717, 1.165) is 35.8 Å². The fourth-order valence-corrected chi connectivity index (χ4v) is 9.85. The van der Waals surface area contributed by atoms with Crippen molar-refractivity contribution >= 4 is 37.5 Å². The van der Waals surface area contributed by atoms with E-state index in [9.17, 15) is 22.8 Å². The zero-order valence-electron chi connectivity index (χ0n) is 27.5. The Labute approximate surface area is 287 Å². The number of rotatable bonds is 11. The van der Waals surface area contributed by atoms with Crippen LogP contribution in [0.25, 0.3) is 15.2 Å². The fraction of sp³-hybridized carbons (Fsp3) is 0.545. The third-order valence-electron chi connectivity index (χ3n) is 10.6. The summed E-state index contributed by atoms with van der Waals surface area (Å²) in [6.45, 7) is 3.32. The number of nitrogens with zero attached hydrogens (tertiary/aromatic N) is 5. The standard InChI is InChI=1S/C33H38N6O8S2.H2/c1-19-26-27(40)38(33(12-13-33)30(41)36-49(43,44)32(2)10-11-32)31(42)37(29(26)48-28(19)39-34-14-15-35-39)18-25(23-6-4-5-7-24(23)45-3)47-22-16-20-8-9-21(17-22)46-20;/h4-7,14-15,20-22,25H,8-13,16-18H2,1-3H3,(H,36,41);1H/t20-,21+,22?,25-;/m0./s1. The first-order chi connectivity index (χ1) is 23.4. The first-order valence-corrected chi connectivity index (χ1v) is 18.9. The molecule has 1 aromatic carbocycles. The van der Waals surface area contributed by atoms with Gasteiger partial charge in [0.05, 0.1) is 54.5 Å². The smallest absolute Gasteiger partial charge is 0.333 e. The lowest BCUT2D eigenvalue weighted by atomic mass is 10.0. The molecule has 5 heterocycles. The van der Waals surface area contributed by atoms with E-state index < -0.39 is 43.6 Å². The number of amides is 1. The molecular formula is C33H40N6O8S2. The summed E-state index contributed by atoms with van der Waals surface area (Å²) in [7, 11) is -2.44. The van der Waals surface area contributed by atoms with Crippen LogP contribution in [0.2, 0.25) is 0 Å². The molecule has 49 heavy (non-hydrogen) atoms. The van der Waals surface area contributed by atoms with Crippen molar-refractivity contribution in [1.82, 2.24) is 28.9 Å². The number of nitrogens with one attached hydrogen (secondary N) is 1. The highest BCUT2D eigenvalue weighted by atomic mass is 32.2. The molecule has 4 atom stereocenters. The van der Waals surface area contributed by atoms with Gasteiger partial charge in [0, 0.05) is 12.6 Å². The molecule has 14 nitrogen and oxygen atoms in total. The number of aromatic nitrogens is 5. The lowest BCUT2D eigenvalue weighted by Crippen LogP contribution is -2.53. The Morgan fingerprint density at radius 1 is 1.12 bits per heavy atom. The van der Waals surface area contributed by atoms with Crippen molar-refractivity contribution in [3.8, 4) is 10.8 Å². The van der Waals surface area contributed by atoms with Crippen LogP contribution in [0.4, 0.5) is 0 Å². The molecule has 2 saturated carbocycles. The normalized spacial score (nSPS) is 24.1. The molecule has 4 fully saturated rings. The van der Waals surface area contributed by atoms with Crippen molar-refractivity contribution in [3.05, 3.63) is 68.6 Å². The maximum absolute atomic E-state index is 14.8. The van der Waals surface area contributed by atoms with E-state index in [-0.39, 0.29) is 44.5 Å². The van der Waals surface area contributed by atoms with Gasteiger partial charge in [0.1, 0.15) is 27.2 Å². The van der Waals surface area contributed by atoms with E-state index in [1.54, 1.807) is 21.0 Å². The Hall–Kier alpha value is -3.86. The lowest BCUT2D eigenvalue weighted by Gasteiger charge is -2.32. The maximum atomic E-state index is 14.8. The van der Waals surface area contributed by atoms with Crippen LogP contribution in [0.5, 0.6) is 5.75 Å². The van der Waals surface area contributed by atoms with Crippen LogP contribution < -0.4 is 20.7 Å². The number of aryl methyl sites for hydroxylation is 1. The lowest BCUT2D eigenvalue weighted by molar-refractivity contribution is -0.124. The fourth-order valence-electron chi connectivity index (χ4n) is 7.31. The van der Waals surface area contributed by atoms with E-state index in [4.69, 9.17) is 14.2 Å². The molecule has 8 rings (SSSR count). The molecule has 3 aromatic heterocycles. The van der Waals surface area contributed by atoms with Gasteiger partial charge >= 0.3 is 5.69 Å². The third kappa shape index (κ3) is 5.34. The highest BCUT2D eigenvalue weighted by Gasteiger charge is 2.58. The van der Waals surface area contributed by atoms with Gasteiger partial charge in [0.2, 0.25) is 10.0 Å². The van der Waals surface area contributed by atoms with Gasteiger partial charge in [-0.3, -0.25) is 18.9 Å². The van der Waals surface area contributed by atoms with Crippen LogP contribution in [0.1, 0.15) is 76.9 Å². The van der Waals surface area contributed by atoms with Crippen molar-refractivity contribution in [2.45, 2.75) is 106 Å². The monoisotopic (exact) mass is 712 g/mol. The van der Waals surface area contributed by atoms with Crippen molar-refractivity contribution in [3.63, 3.8) is 0 Å². The molecule has 2 bridgehead atoms. The summed E-state index contributed by atoms with van der Waals surface area (Å²) in [5.41, 5.74) is -1.78. The van der Waals surface area contributed by atoms with Gasteiger partial charge in [-0.2, -0.15) is 10.2 Å². The Morgan fingerprint density at radius 2 is 1.80 bits per heavy atom. The molecule has 16 heteroatoms. The minimum absolute atomic E-state index is 0. The van der Waals surface area contributed by atoms with Crippen LogP contribution in [0, 0.1) is 6.92 Å². The Morgan fingerprint density at radius 3 is 2.43 bits per heavy atom. The van der Waals surface area contributed by atoms with Gasteiger partial charge in [0.15, 0.2) is 0 Å². The van der Waals surface area contributed by atoms with Gasteiger partial charge in [-0.15, -0.1) is 4.80 Å². The number of carbonyl (C=O) groups is 1. The summed E-state index contributed by atoms with van der Waals surface area (Å²) in [6, 6.07) is 7.46. The molecule has 1 unspecified atom stereocenters. The average molecular weight is 713 g/mol. The summed E-state index contributed by atoms with van der Waals surface area (Å²) >= 11 is 1.19. The molecule has 1 amide bonds. The van der Waals surface area contributed by atoms with Crippen LogP contribution in [0.15, 0.2) is 46.2 Å². The van der Waals surface area contributed by atoms with Crippen LogP contribution in [0.3, 0.4) is 0 Å². The molecule has 0 spiro atoms. The van der Waals surface area contributed by atoms with Gasteiger partial charge in [-0.05, 0) is 71.3 Å². The summed E-state index contributed by atoms with van der Waals surface area (Å²) in [4.78, 5) is 44.8. The molecular weight excluding hydrogens is 673 g/mol. The van der Waals surface area contributed by atoms with E-state index >= 15 is 0 Å². The van der Waals surface area contributed by atoms with Gasteiger partial charge in [-0.25, -0.2) is 17.8 Å². The zero-order valence-corrected chi connectivity index (χ0v) is 29.1. The maximum Gasteiger partial charge on any atom is 0.333 e. The van der Waals surface area contributed by atoms with E-state index in [1.807, 2.05) is 24.3 Å². The first kappa shape index (κ1) is 32.4. The van der Waals surface area contributed by atoms with E-state index in [0.29, 0.717) is 34.0 Å². The van der Waals surface area contributed by atoms with Crippen LogP contribution >= 0.6 is 11.3 Å². The number of methoxy groups -OCH3 is 1. The van der Waals surface area contributed by atoms with Crippen molar-refractivity contribution in [1.29, 1.82) is 0 Å². The Kier molecular flexibility index (Phi) is 7.66. The summed E-state index contributed by atoms with van der Waals surface area (Å²) in [5, 5.41) is 9.31. The molecule has 262 valence electrons. The number of ether oxygens (including phenoxy) is 3. The van der Waals surface area contributed by atoms with Crippen LogP contribution in [-0.2, 0) is 36.4 Å². The van der Waals surface area contributed by atoms with Crippen molar-refractivity contribution in [2.24, 2.45) is 0 Å².